The van der Waals surface area contributed by atoms with Crippen LogP contribution in [0.2, 0.25) is 0 Å². The quantitative estimate of drug-likeness (QED) is 0.228. The number of para-hydroxylation sites is 1. The number of cyclic esters (lactones) is 1. The molecule has 4 aromatic rings. The zero-order valence-electron chi connectivity index (χ0n) is 21.2. The maximum absolute atomic E-state index is 12.7. The number of pyridine rings is 1. The van der Waals surface area contributed by atoms with Gasteiger partial charge in [0.25, 0.3) is 0 Å². The second-order valence-electron chi connectivity index (χ2n) is 8.11. The van der Waals surface area contributed by atoms with E-state index in [1.165, 1.54) is 28.4 Å². The second-order valence-corrected chi connectivity index (χ2v) is 8.11. The van der Waals surface area contributed by atoms with Crippen molar-refractivity contribution in [1.82, 2.24) is 4.98 Å². The fourth-order valence-electron chi connectivity index (χ4n) is 3.99. The van der Waals surface area contributed by atoms with Gasteiger partial charge in [0.2, 0.25) is 17.5 Å². The lowest BCUT2D eigenvalue weighted by Gasteiger charge is -2.13. The van der Waals surface area contributed by atoms with Crippen molar-refractivity contribution in [2.75, 3.05) is 28.4 Å². The molecule has 0 unspecified atom stereocenters. The second kappa shape index (κ2) is 10.5. The van der Waals surface area contributed by atoms with Crippen LogP contribution in [0.3, 0.4) is 0 Å². The number of methoxy groups -OCH3 is 4. The van der Waals surface area contributed by atoms with Gasteiger partial charge in [-0.3, -0.25) is 0 Å². The van der Waals surface area contributed by atoms with E-state index in [4.69, 9.17) is 28.4 Å². The molecule has 9 heteroatoms. The van der Waals surface area contributed by atoms with Gasteiger partial charge < -0.3 is 28.4 Å². The van der Waals surface area contributed by atoms with E-state index in [9.17, 15) is 4.79 Å². The monoisotopic (exact) mass is 512 g/mol. The van der Waals surface area contributed by atoms with E-state index in [0.29, 0.717) is 45.5 Å². The molecule has 0 spiro atoms. The molecule has 0 fully saturated rings. The standard InChI is InChI=1S/C29H24N2O7/c1-33-24-15-19(16-25(34-2)26(24)35-3)28-31-23(29(32)38-28)14-18-12-17-13-21(37-20-8-6-5-7-9-20)10-11-22(17)30-27(18)36-4/h5-16H,1-4H3/b23-14-. The van der Waals surface area contributed by atoms with Crippen LogP contribution in [0, 0.1) is 0 Å². The van der Waals surface area contributed by atoms with Crippen LogP contribution < -0.4 is 23.7 Å². The van der Waals surface area contributed by atoms with Crippen LogP contribution in [0.15, 0.2) is 77.4 Å². The van der Waals surface area contributed by atoms with Crippen LogP contribution in [0.5, 0.6) is 34.6 Å². The number of aromatic nitrogens is 1. The van der Waals surface area contributed by atoms with E-state index in [0.717, 1.165) is 11.1 Å². The Morgan fingerprint density at radius 1 is 0.789 bits per heavy atom. The molecule has 2 heterocycles. The lowest BCUT2D eigenvalue weighted by molar-refractivity contribution is -0.129. The van der Waals surface area contributed by atoms with Gasteiger partial charge >= 0.3 is 5.97 Å². The molecule has 192 valence electrons. The summed E-state index contributed by atoms with van der Waals surface area (Å²) in [7, 11) is 6.03. The van der Waals surface area contributed by atoms with Crippen LogP contribution >= 0.6 is 0 Å². The Morgan fingerprint density at radius 2 is 1.53 bits per heavy atom. The van der Waals surface area contributed by atoms with Crippen LogP contribution in [0.25, 0.3) is 17.0 Å². The first-order chi connectivity index (χ1) is 18.5. The largest absolute Gasteiger partial charge is 0.493 e. The average molecular weight is 513 g/mol. The van der Waals surface area contributed by atoms with Gasteiger partial charge in [-0.15, -0.1) is 0 Å². The summed E-state index contributed by atoms with van der Waals surface area (Å²) in [4.78, 5) is 21.7. The molecule has 0 bridgehead atoms. The van der Waals surface area contributed by atoms with E-state index >= 15 is 0 Å². The highest BCUT2D eigenvalue weighted by molar-refractivity contribution is 6.13. The van der Waals surface area contributed by atoms with Gasteiger partial charge in [0.15, 0.2) is 17.2 Å². The number of nitrogens with zero attached hydrogens (tertiary/aromatic N) is 2. The summed E-state index contributed by atoms with van der Waals surface area (Å²) in [5, 5.41) is 0.797. The lowest BCUT2D eigenvalue weighted by atomic mass is 10.1. The maximum Gasteiger partial charge on any atom is 0.363 e. The lowest BCUT2D eigenvalue weighted by Crippen LogP contribution is -2.07. The van der Waals surface area contributed by atoms with E-state index in [-0.39, 0.29) is 11.6 Å². The van der Waals surface area contributed by atoms with Crippen molar-refractivity contribution in [2.45, 2.75) is 0 Å². The first-order valence-electron chi connectivity index (χ1n) is 11.6. The van der Waals surface area contributed by atoms with Gasteiger partial charge in [0, 0.05) is 16.5 Å². The molecule has 0 amide bonds. The molecule has 0 aliphatic carbocycles. The number of fused-ring (bicyclic) bond motifs is 1. The fourth-order valence-corrected chi connectivity index (χ4v) is 3.99. The van der Waals surface area contributed by atoms with Crippen molar-refractivity contribution in [1.29, 1.82) is 0 Å². The molecule has 0 saturated heterocycles. The number of ether oxygens (including phenoxy) is 6. The average Bonchev–Trinajstić information content (AvgIpc) is 3.32. The highest BCUT2D eigenvalue weighted by Gasteiger charge is 2.27. The Morgan fingerprint density at radius 3 is 2.18 bits per heavy atom. The smallest absolute Gasteiger partial charge is 0.363 e. The maximum atomic E-state index is 12.7. The van der Waals surface area contributed by atoms with Gasteiger partial charge in [-0.1, -0.05) is 18.2 Å². The fraction of sp³-hybridized carbons (Fsp3) is 0.138. The van der Waals surface area contributed by atoms with E-state index in [1.54, 1.807) is 18.2 Å². The first-order valence-corrected chi connectivity index (χ1v) is 11.6. The highest BCUT2D eigenvalue weighted by atomic mass is 16.6. The zero-order valence-corrected chi connectivity index (χ0v) is 21.2. The number of carbonyl (C=O) groups is 1. The SMILES string of the molecule is COc1cc(C2=N/C(=C\c3cc4cc(Oc5ccccc5)ccc4nc3OC)C(=O)O2)cc(OC)c1OC. The molecule has 1 aromatic heterocycles. The van der Waals surface area contributed by atoms with Gasteiger partial charge in [-0.2, -0.15) is 0 Å². The number of carbonyl (C=O) groups excluding carboxylic acids is 1. The van der Waals surface area contributed by atoms with Gasteiger partial charge in [-0.25, -0.2) is 14.8 Å². The molecular weight excluding hydrogens is 488 g/mol. The van der Waals surface area contributed by atoms with Crippen molar-refractivity contribution < 1.29 is 33.2 Å². The number of esters is 1. The van der Waals surface area contributed by atoms with Gasteiger partial charge in [0.05, 0.1) is 34.0 Å². The third-order valence-electron chi connectivity index (χ3n) is 5.78. The minimum atomic E-state index is -0.614. The first kappa shape index (κ1) is 24.6. The molecule has 5 rings (SSSR count). The minimum Gasteiger partial charge on any atom is -0.493 e. The normalized spacial score (nSPS) is 13.7. The molecule has 0 N–H and O–H groups in total. The van der Waals surface area contributed by atoms with E-state index in [1.807, 2.05) is 54.6 Å². The summed E-state index contributed by atoms with van der Waals surface area (Å²) >= 11 is 0. The summed E-state index contributed by atoms with van der Waals surface area (Å²) in [5.41, 5.74) is 1.84. The Hall–Kier alpha value is -5.05. The number of rotatable bonds is 8. The van der Waals surface area contributed by atoms with Crippen molar-refractivity contribution in [3.63, 3.8) is 0 Å². The van der Waals surface area contributed by atoms with E-state index < -0.39 is 5.97 Å². The summed E-state index contributed by atoms with van der Waals surface area (Å²) < 4.78 is 33.1. The predicted octanol–water partition coefficient (Wildman–Crippen LogP) is 5.41. The van der Waals surface area contributed by atoms with Crippen LogP contribution in [0.1, 0.15) is 11.1 Å². The number of aliphatic imine (C=N–C) groups is 1. The molecular formula is C29H24N2O7. The Bertz CT molecular complexity index is 1550. The highest BCUT2D eigenvalue weighted by Crippen LogP contribution is 2.39. The minimum absolute atomic E-state index is 0.0879. The third-order valence-corrected chi connectivity index (χ3v) is 5.78. The number of hydrogen-bond donors (Lipinski definition) is 0. The Labute approximate surface area is 218 Å². The van der Waals surface area contributed by atoms with Crippen molar-refractivity contribution in [2.24, 2.45) is 4.99 Å². The molecule has 0 atom stereocenters. The van der Waals surface area contributed by atoms with Gasteiger partial charge in [-0.05, 0) is 54.6 Å². The molecule has 9 nitrogen and oxygen atoms in total. The van der Waals surface area contributed by atoms with Crippen molar-refractivity contribution in [3.05, 3.63) is 83.6 Å². The summed E-state index contributed by atoms with van der Waals surface area (Å²) in [6.45, 7) is 0. The molecule has 0 saturated carbocycles. The predicted molar refractivity (Wildman–Crippen MR) is 142 cm³/mol. The van der Waals surface area contributed by atoms with Gasteiger partial charge in [0.1, 0.15) is 11.5 Å². The van der Waals surface area contributed by atoms with Crippen LogP contribution in [0.4, 0.5) is 0 Å². The molecule has 0 radical (unpaired) electrons. The van der Waals surface area contributed by atoms with E-state index in [2.05, 4.69) is 9.98 Å². The molecule has 1 aliphatic rings. The van der Waals surface area contributed by atoms with Crippen LogP contribution in [-0.2, 0) is 9.53 Å². The van der Waals surface area contributed by atoms with Crippen molar-refractivity contribution in [3.8, 4) is 34.6 Å². The Balaban J connectivity index is 1.52. The van der Waals surface area contributed by atoms with Crippen LogP contribution in [-0.4, -0.2) is 45.3 Å². The summed E-state index contributed by atoms with van der Waals surface area (Å²) in [6.07, 6.45) is 1.57. The zero-order chi connectivity index (χ0) is 26.6. The molecule has 3 aromatic carbocycles. The topological polar surface area (TPSA) is 97.7 Å². The Kier molecular flexibility index (Phi) is 6.82. The summed E-state index contributed by atoms with van der Waals surface area (Å²) in [6, 6.07) is 20.2. The third kappa shape index (κ3) is 4.81. The summed E-state index contributed by atoms with van der Waals surface area (Å²) in [5.74, 6) is 2.44. The molecule has 38 heavy (non-hydrogen) atoms. The number of benzene rings is 3. The number of hydrogen-bond acceptors (Lipinski definition) is 9. The van der Waals surface area contributed by atoms with Crippen molar-refractivity contribution >= 4 is 28.8 Å². The molecule has 1 aliphatic heterocycles.